The summed E-state index contributed by atoms with van der Waals surface area (Å²) in [5, 5.41) is 9.09. The summed E-state index contributed by atoms with van der Waals surface area (Å²) in [5.74, 6) is -3.80. The maximum Gasteiger partial charge on any atom is 0.335 e. The van der Waals surface area contributed by atoms with Crippen LogP contribution < -0.4 is 0 Å². The first kappa shape index (κ1) is 16.1. The number of H-pyrrole nitrogens is 1. The molecule has 0 spiro atoms. The zero-order valence-corrected chi connectivity index (χ0v) is 13.3. The van der Waals surface area contributed by atoms with E-state index in [4.69, 9.17) is 5.11 Å². The average molecular weight is 360 g/mol. The molecule has 0 saturated heterocycles. The standard InChI is InChI=1S/C17H11F3N4O2/c1-24-11-4-7(17(25)26)2-3-10(11)21-13(24)6-12-22-15-9(19)5-8(18)14(20)16(15)23-12/h2-5H,6H2,1H3,(H,22,23)(H,25,26). The molecule has 0 saturated carbocycles. The van der Waals surface area contributed by atoms with Gasteiger partial charge in [-0.05, 0) is 18.2 Å². The lowest BCUT2D eigenvalue weighted by atomic mass is 10.2. The number of carbonyl (C=O) groups is 1. The van der Waals surface area contributed by atoms with Crippen molar-refractivity contribution in [1.29, 1.82) is 0 Å². The summed E-state index contributed by atoms with van der Waals surface area (Å²) in [4.78, 5) is 22.1. The SMILES string of the molecule is Cn1c(Cc2nc3c(F)cc(F)c(F)c3[nH]2)nc2ccc(C(=O)O)cc21. The number of carboxylic acids is 1. The van der Waals surface area contributed by atoms with E-state index in [-0.39, 0.29) is 28.8 Å². The summed E-state index contributed by atoms with van der Waals surface area (Å²) in [6.45, 7) is 0. The molecule has 9 heteroatoms. The largest absolute Gasteiger partial charge is 0.478 e. The minimum absolute atomic E-state index is 0.1000. The maximum absolute atomic E-state index is 13.8. The number of aromatic nitrogens is 4. The summed E-state index contributed by atoms with van der Waals surface area (Å²) in [7, 11) is 1.69. The number of aryl methyl sites for hydroxylation is 1. The van der Waals surface area contributed by atoms with Crippen molar-refractivity contribution in [2.75, 3.05) is 0 Å². The molecule has 0 fully saturated rings. The number of aromatic amines is 1. The molecule has 2 N–H and O–H groups in total. The number of hydrogen-bond acceptors (Lipinski definition) is 3. The van der Waals surface area contributed by atoms with Crippen LogP contribution in [0.2, 0.25) is 0 Å². The van der Waals surface area contributed by atoms with Crippen LogP contribution in [0.15, 0.2) is 24.3 Å². The highest BCUT2D eigenvalue weighted by molar-refractivity contribution is 5.92. The molecule has 132 valence electrons. The maximum atomic E-state index is 13.8. The van der Waals surface area contributed by atoms with Gasteiger partial charge in [0.1, 0.15) is 22.7 Å². The van der Waals surface area contributed by atoms with Crippen LogP contribution in [0.1, 0.15) is 22.0 Å². The zero-order chi connectivity index (χ0) is 18.6. The molecule has 4 rings (SSSR count). The molecule has 0 aliphatic heterocycles. The van der Waals surface area contributed by atoms with Gasteiger partial charge < -0.3 is 14.7 Å². The van der Waals surface area contributed by atoms with Crippen molar-refractivity contribution in [3.63, 3.8) is 0 Å². The van der Waals surface area contributed by atoms with Gasteiger partial charge in [-0.2, -0.15) is 0 Å². The van der Waals surface area contributed by atoms with Gasteiger partial charge in [-0.1, -0.05) is 0 Å². The lowest BCUT2D eigenvalue weighted by Gasteiger charge is -2.00. The Morgan fingerprint density at radius 1 is 1.19 bits per heavy atom. The second-order valence-electron chi connectivity index (χ2n) is 5.83. The molecule has 2 aromatic heterocycles. The highest BCUT2D eigenvalue weighted by atomic mass is 19.2. The van der Waals surface area contributed by atoms with E-state index < -0.39 is 23.4 Å². The third-order valence-electron chi connectivity index (χ3n) is 4.21. The van der Waals surface area contributed by atoms with E-state index in [1.54, 1.807) is 17.7 Å². The molecule has 2 heterocycles. The molecule has 0 unspecified atom stereocenters. The Morgan fingerprint density at radius 3 is 2.69 bits per heavy atom. The van der Waals surface area contributed by atoms with Crippen molar-refractivity contribution in [2.24, 2.45) is 7.05 Å². The molecule has 0 bridgehead atoms. The summed E-state index contributed by atoms with van der Waals surface area (Å²) in [6.07, 6.45) is 0.1000. The van der Waals surface area contributed by atoms with Gasteiger partial charge in [0.25, 0.3) is 0 Å². The van der Waals surface area contributed by atoms with Crippen LogP contribution >= 0.6 is 0 Å². The van der Waals surface area contributed by atoms with E-state index in [1.807, 2.05) is 0 Å². The van der Waals surface area contributed by atoms with Gasteiger partial charge in [0.2, 0.25) is 0 Å². The average Bonchev–Trinajstić information content (AvgIpc) is 3.15. The second kappa shape index (κ2) is 5.58. The molecular weight excluding hydrogens is 349 g/mol. The summed E-state index contributed by atoms with van der Waals surface area (Å²) in [6, 6.07) is 4.96. The van der Waals surface area contributed by atoms with Gasteiger partial charge in [-0.3, -0.25) is 0 Å². The van der Waals surface area contributed by atoms with Crippen LogP contribution in [-0.2, 0) is 13.5 Å². The normalized spacial score (nSPS) is 11.5. The van der Waals surface area contributed by atoms with E-state index >= 15 is 0 Å². The number of fused-ring (bicyclic) bond motifs is 2. The predicted molar refractivity (Wildman–Crippen MR) is 86.4 cm³/mol. The summed E-state index contributed by atoms with van der Waals surface area (Å²) in [5.41, 5.74) is 0.664. The molecular formula is C17H11F3N4O2. The van der Waals surface area contributed by atoms with Gasteiger partial charge in [-0.15, -0.1) is 0 Å². The molecule has 0 aliphatic carbocycles. The van der Waals surface area contributed by atoms with Gasteiger partial charge in [-0.25, -0.2) is 27.9 Å². The van der Waals surface area contributed by atoms with Gasteiger partial charge in [0.15, 0.2) is 17.5 Å². The van der Waals surface area contributed by atoms with Crippen LogP contribution in [-0.4, -0.2) is 30.6 Å². The monoisotopic (exact) mass is 360 g/mol. The van der Waals surface area contributed by atoms with Crippen molar-refractivity contribution in [3.8, 4) is 0 Å². The molecule has 26 heavy (non-hydrogen) atoms. The van der Waals surface area contributed by atoms with E-state index in [1.165, 1.54) is 12.1 Å². The van der Waals surface area contributed by atoms with Gasteiger partial charge >= 0.3 is 5.97 Å². The van der Waals surface area contributed by atoms with E-state index in [0.717, 1.165) is 0 Å². The molecule has 4 aromatic rings. The number of nitrogens with one attached hydrogen (secondary N) is 1. The summed E-state index contributed by atoms with van der Waals surface area (Å²) < 4.78 is 42.6. The Hall–Kier alpha value is -3.36. The van der Waals surface area contributed by atoms with Crippen molar-refractivity contribution in [2.45, 2.75) is 6.42 Å². The number of hydrogen-bond donors (Lipinski definition) is 2. The molecule has 2 aromatic carbocycles. The zero-order valence-electron chi connectivity index (χ0n) is 13.3. The van der Waals surface area contributed by atoms with Crippen LogP contribution in [0.4, 0.5) is 13.2 Å². The number of rotatable bonds is 3. The lowest BCUT2D eigenvalue weighted by molar-refractivity contribution is 0.0697. The Bertz CT molecular complexity index is 1200. The fourth-order valence-electron chi connectivity index (χ4n) is 2.88. The first-order chi connectivity index (χ1) is 12.3. The third-order valence-corrected chi connectivity index (χ3v) is 4.21. The number of halogens is 3. The van der Waals surface area contributed by atoms with Crippen LogP contribution in [0.25, 0.3) is 22.1 Å². The molecule has 0 amide bonds. The first-order valence-corrected chi connectivity index (χ1v) is 7.56. The molecule has 6 nitrogen and oxygen atoms in total. The Labute approximate surface area is 143 Å². The highest BCUT2D eigenvalue weighted by Gasteiger charge is 2.18. The smallest absolute Gasteiger partial charge is 0.335 e. The number of benzene rings is 2. The topological polar surface area (TPSA) is 83.8 Å². The van der Waals surface area contributed by atoms with Gasteiger partial charge in [0, 0.05) is 13.1 Å². The van der Waals surface area contributed by atoms with E-state index in [0.29, 0.717) is 22.9 Å². The van der Waals surface area contributed by atoms with Crippen molar-refractivity contribution < 1.29 is 23.1 Å². The number of nitrogens with zero attached hydrogens (tertiary/aromatic N) is 3. The molecule has 0 aliphatic rings. The quantitative estimate of drug-likeness (QED) is 0.550. The number of carboxylic acid groups (broad SMARTS) is 1. The Kier molecular flexibility index (Phi) is 3.46. The summed E-state index contributed by atoms with van der Waals surface area (Å²) >= 11 is 0. The van der Waals surface area contributed by atoms with Crippen LogP contribution in [0.5, 0.6) is 0 Å². The molecule has 0 radical (unpaired) electrons. The lowest BCUT2D eigenvalue weighted by Crippen LogP contribution is -2.01. The second-order valence-corrected chi connectivity index (χ2v) is 5.83. The first-order valence-electron chi connectivity index (χ1n) is 7.56. The Balaban J connectivity index is 1.79. The highest BCUT2D eigenvalue weighted by Crippen LogP contribution is 2.23. The van der Waals surface area contributed by atoms with Crippen molar-refractivity contribution >= 4 is 28.0 Å². The minimum Gasteiger partial charge on any atom is -0.478 e. The van der Waals surface area contributed by atoms with E-state index in [9.17, 15) is 18.0 Å². The molecule has 0 atom stereocenters. The van der Waals surface area contributed by atoms with Crippen molar-refractivity contribution in [3.05, 3.63) is 58.9 Å². The number of aromatic carboxylic acids is 1. The minimum atomic E-state index is -1.30. The third kappa shape index (κ3) is 2.40. The van der Waals surface area contributed by atoms with Crippen LogP contribution in [0.3, 0.4) is 0 Å². The predicted octanol–water partition coefficient (Wildman–Crippen LogP) is 3.16. The fourth-order valence-corrected chi connectivity index (χ4v) is 2.88. The van der Waals surface area contributed by atoms with E-state index in [2.05, 4.69) is 15.0 Å². The Morgan fingerprint density at radius 2 is 1.96 bits per heavy atom. The van der Waals surface area contributed by atoms with Gasteiger partial charge in [0.05, 0.1) is 23.0 Å². The van der Waals surface area contributed by atoms with Crippen LogP contribution in [0, 0.1) is 17.5 Å². The van der Waals surface area contributed by atoms with Crippen molar-refractivity contribution in [1.82, 2.24) is 19.5 Å². The number of imidazole rings is 2. The fraction of sp³-hybridized carbons (Fsp3) is 0.118.